The van der Waals surface area contributed by atoms with Crippen LogP contribution in [-0.4, -0.2) is 25.5 Å². The van der Waals surface area contributed by atoms with E-state index in [1.54, 1.807) is 7.11 Å². The molecule has 88 valence electrons. The highest BCUT2D eigenvalue weighted by Crippen LogP contribution is 2.36. The zero-order valence-electron chi connectivity index (χ0n) is 9.16. The molecule has 0 amide bonds. The minimum Gasteiger partial charge on any atom is -0.486 e. The molecule has 0 saturated carbocycles. The number of hydrogen-bond donors (Lipinski definition) is 2. The number of methoxy groups -OCH3 is 1. The second kappa shape index (κ2) is 5.16. The Labute approximate surface area is 93.9 Å². The Bertz CT molecular complexity index is 367. The number of fused-ring (bicyclic) bond motifs is 1. The van der Waals surface area contributed by atoms with Gasteiger partial charge in [0.05, 0.1) is 6.61 Å². The predicted molar refractivity (Wildman–Crippen MR) is 56.8 cm³/mol. The van der Waals surface area contributed by atoms with Crippen molar-refractivity contribution < 1.29 is 19.4 Å². The Morgan fingerprint density at radius 1 is 1.38 bits per heavy atom. The summed E-state index contributed by atoms with van der Waals surface area (Å²) in [6.45, 7) is 1.88. The first-order chi connectivity index (χ1) is 7.86. The maximum atomic E-state index is 8.83. The van der Waals surface area contributed by atoms with E-state index in [0.29, 0.717) is 32.1 Å². The summed E-state index contributed by atoms with van der Waals surface area (Å²) in [5.41, 5.74) is 4.00. The van der Waals surface area contributed by atoms with Crippen LogP contribution in [0.25, 0.3) is 0 Å². The molecule has 0 saturated heterocycles. The van der Waals surface area contributed by atoms with Gasteiger partial charge in [-0.25, -0.2) is 5.48 Å². The highest BCUT2D eigenvalue weighted by atomic mass is 16.6. The summed E-state index contributed by atoms with van der Waals surface area (Å²) in [6.07, 6.45) is 0. The van der Waals surface area contributed by atoms with Crippen molar-refractivity contribution in [2.24, 2.45) is 0 Å². The summed E-state index contributed by atoms with van der Waals surface area (Å²) in [5, 5.41) is 8.83. The van der Waals surface area contributed by atoms with E-state index in [-0.39, 0.29) is 0 Å². The van der Waals surface area contributed by atoms with Gasteiger partial charge in [0.2, 0.25) is 0 Å². The minimum absolute atomic E-state index is 0.311. The molecule has 1 aromatic rings. The first-order valence-corrected chi connectivity index (χ1v) is 5.13. The molecule has 1 aliphatic rings. The van der Waals surface area contributed by atoms with Gasteiger partial charge in [0.15, 0.2) is 11.5 Å². The van der Waals surface area contributed by atoms with Crippen molar-refractivity contribution in [2.45, 2.75) is 13.2 Å². The standard InChI is InChI=1S/C11H15NO4/c1-14-7-8-2-3-10-11(9(8)6-12-13)16-5-4-15-10/h2-3,12-13H,4-7H2,1H3. The van der Waals surface area contributed by atoms with Gasteiger partial charge in [-0.2, -0.15) is 0 Å². The highest BCUT2D eigenvalue weighted by Gasteiger charge is 2.18. The lowest BCUT2D eigenvalue weighted by atomic mass is 10.1. The molecule has 0 aromatic heterocycles. The van der Waals surface area contributed by atoms with Gasteiger partial charge in [0.1, 0.15) is 13.2 Å². The smallest absolute Gasteiger partial charge is 0.166 e. The van der Waals surface area contributed by atoms with Gasteiger partial charge in [-0.1, -0.05) is 6.07 Å². The summed E-state index contributed by atoms with van der Waals surface area (Å²) >= 11 is 0. The van der Waals surface area contributed by atoms with Crippen LogP contribution < -0.4 is 15.0 Å². The van der Waals surface area contributed by atoms with Crippen LogP contribution in [0.3, 0.4) is 0 Å². The fraction of sp³-hybridized carbons (Fsp3) is 0.455. The molecule has 0 unspecified atom stereocenters. The van der Waals surface area contributed by atoms with Crippen LogP contribution in [-0.2, 0) is 17.9 Å². The van der Waals surface area contributed by atoms with E-state index in [2.05, 4.69) is 5.48 Å². The first-order valence-electron chi connectivity index (χ1n) is 5.13. The molecule has 0 bridgehead atoms. The molecular formula is C11H15NO4. The van der Waals surface area contributed by atoms with Crippen molar-refractivity contribution >= 4 is 0 Å². The molecule has 1 aromatic carbocycles. The molecule has 1 heterocycles. The lowest BCUT2D eigenvalue weighted by Crippen LogP contribution is -2.19. The van der Waals surface area contributed by atoms with E-state index in [0.717, 1.165) is 16.9 Å². The number of ether oxygens (including phenoxy) is 3. The van der Waals surface area contributed by atoms with Crippen LogP contribution in [0, 0.1) is 0 Å². The van der Waals surface area contributed by atoms with Gasteiger partial charge in [0.25, 0.3) is 0 Å². The average Bonchev–Trinajstić information content (AvgIpc) is 2.32. The van der Waals surface area contributed by atoms with E-state index in [1.165, 1.54) is 0 Å². The molecule has 5 nitrogen and oxygen atoms in total. The lowest BCUT2D eigenvalue weighted by molar-refractivity contribution is 0.145. The van der Waals surface area contributed by atoms with Gasteiger partial charge < -0.3 is 19.4 Å². The molecule has 0 aliphatic carbocycles. The van der Waals surface area contributed by atoms with Crippen molar-refractivity contribution in [3.8, 4) is 11.5 Å². The molecule has 2 rings (SSSR count). The van der Waals surface area contributed by atoms with E-state index in [9.17, 15) is 0 Å². The maximum Gasteiger partial charge on any atom is 0.166 e. The number of hydrogen-bond acceptors (Lipinski definition) is 5. The summed E-state index contributed by atoms with van der Waals surface area (Å²) in [7, 11) is 1.63. The molecule has 0 atom stereocenters. The van der Waals surface area contributed by atoms with Crippen LogP contribution in [0.4, 0.5) is 0 Å². The molecule has 2 N–H and O–H groups in total. The average molecular weight is 225 g/mol. The SMILES string of the molecule is COCc1ccc2c(c1CNO)OCCO2. The molecule has 5 heteroatoms. The Hall–Kier alpha value is -1.30. The normalized spacial score (nSPS) is 13.9. The van der Waals surface area contributed by atoms with Crippen molar-refractivity contribution in [3.05, 3.63) is 23.3 Å². The predicted octanol–water partition coefficient (Wildman–Crippen LogP) is 1.08. The largest absolute Gasteiger partial charge is 0.486 e. The summed E-state index contributed by atoms with van der Waals surface area (Å²) < 4.78 is 16.1. The molecule has 16 heavy (non-hydrogen) atoms. The molecular weight excluding hydrogens is 210 g/mol. The van der Waals surface area contributed by atoms with Gasteiger partial charge in [-0.15, -0.1) is 0 Å². The van der Waals surface area contributed by atoms with E-state index in [4.69, 9.17) is 19.4 Å². The monoisotopic (exact) mass is 225 g/mol. The van der Waals surface area contributed by atoms with Crippen molar-refractivity contribution in [2.75, 3.05) is 20.3 Å². The Morgan fingerprint density at radius 2 is 2.19 bits per heavy atom. The number of benzene rings is 1. The van der Waals surface area contributed by atoms with Crippen LogP contribution in [0.1, 0.15) is 11.1 Å². The third-order valence-corrected chi connectivity index (χ3v) is 2.46. The van der Waals surface area contributed by atoms with Gasteiger partial charge in [0, 0.05) is 19.2 Å². The zero-order chi connectivity index (χ0) is 11.4. The lowest BCUT2D eigenvalue weighted by Gasteiger charge is -2.22. The quantitative estimate of drug-likeness (QED) is 0.751. The van der Waals surface area contributed by atoms with Gasteiger partial charge in [-0.3, -0.25) is 0 Å². The van der Waals surface area contributed by atoms with Crippen molar-refractivity contribution in [1.82, 2.24) is 5.48 Å². The molecule has 0 fully saturated rings. The number of hydroxylamine groups is 1. The van der Waals surface area contributed by atoms with Gasteiger partial charge >= 0.3 is 0 Å². The Kier molecular flexibility index (Phi) is 3.61. The highest BCUT2D eigenvalue weighted by molar-refractivity contribution is 5.51. The third kappa shape index (κ3) is 2.11. The fourth-order valence-corrected chi connectivity index (χ4v) is 1.78. The second-order valence-electron chi connectivity index (χ2n) is 3.50. The Balaban J connectivity index is 2.39. The summed E-state index contributed by atoms with van der Waals surface area (Å²) in [4.78, 5) is 0. The fourth-order valence-electron chi connectivity index (χ4n) is 1.78. The van der Waals surface area contributed by atoms with E-state index >= 15 is 0 Å². The van der Waals surface area contributed by atoms with Crippen LogP contribution in [0.2, 0.25) is 0 Å². The topological polar surface area (TPSA) is 60.0 Å². The molecule has 1 aliphatic heterocycles. The van der Waals surface area contributed by atoms with E-state index in [1.807, 2.05) is 12.1 Å². The van der Waals surface area contributed by atoms with Crippen molar-refractivity contribution in [3.63, 3.8) is 0 Å². The zero-order valence-corrected chi connectivity index (χ0v) is 9.16. The summed E-state index contributed by atoms with van der Waals surface area (Å²) in [6, 6.07) is 3.79. The molecule has 0 spiro atoms. The molecule has 0 radical (unpaired) electrons. The minimum atomic E-state index is 0.311. The van der Waals surface area contributed by atoms with Crippen LogP contribution in [0.15, 0.2) is 12.1 Å². The van der Waals surface area contributed by atoms with E-state index < -0.39 is 0 Å². The first kappa shape index (κ1) is 11.2. The third-order valence-electron chi connectivity index (χ3n) is 2.46. The maximum absolute atomic E-state index is 8.83. The van der Waals surface area contributed by atoms with Crippen LogP contribution in [0.5, 0.6) is 11.5 Å². The number of nitrogens with one attached hydrogen (secondary N) is 1. The van der Waals surface area contributed by atoms with Gasteiger partial charge in [-0.05, 0) is 11.6 Å². The second-order valence-corrected chi connectivity index (χ2v) is 3.50. The summed E-state index contributed by atoms with van der Waals surface area (Å²) in [5.74, 6) is 1.42. The number of rotatable bonds is 4. The van der Waals surface area contributed by atoms with Crippen LogP contribution >= 0.6 is 0 Å². The van der Waals surface area contributed by atoms with Crippen molar-refractivity contribution in [1.29, 1.82) is 0 Å². The Morgan fingerprint density at radius 3 is 2.94 bits per heavy atom.